The van der Waals surface area contributed by atoms with Crippen LogP contribution < -0.4 is 11.1 Å². The Labute approximate surface area is 125 Å². The number of rotatable bonds is 7. The van der Waals surface area contributed by atoms with Gasteiger partial charge in [0.15, 0.2) is 0 Å². The summed E-state index contributed by atoms with van der Waals surface area (Å²) in [5.74, 6) is 0.755. The Hall–Kier alpha value is -2.07. The van der Waals surface area contributed by atoms with Crippen LogP contribution in [0.5, 0.6) is 0 Å². The van der Waals surface area contributed by atoms with E-state index in [0.29, 0.717) is 12.8 Å². The molecule has 4 nitrogen and oxygen atoms in total. The van der Waals surface area contributed by atoms with Gasteiger partial charge in [0.1, 0.15) is 5.76 Å². The number of carbonyl (C=O) groups is 1. The van der Waals surface area contributed by atoms with Crippen molar-refractivity contribution < 1.29 is 9.21 Å². The van der Waals surface area contributed by atoms with E-state index in [2.05, 4.69) is 5.32 Å². The van der Waals surface area contributed by atoms with Crippen molar-refractivity contribution in [3.05, 3.63) is 60.1 Å². The second-order valence-electron chi connectivity index (χ2n) is 5.32. The molecule has 1 heterocycles. The Morgan fingerprint density at radius 3 is 2.67 bits per heavy atom. The molecule has 1 aromatic heterocycles. The van der Waals surface area contributed by atoms with Crippen LogP contribution in [0.1, 0.15) is 24.7 Å². The molecule has 2 atom stereocenters. The summed E-state index contributed by atoms with van der Waals surface area (Å²) in [6, 6.07) is 13.3. The zero-order valence-electron chi connectivity index (χ0n) is 12.3. The summed E-state index contributed by atoms with van der Waals surface area (Å²) in [5, 5.41) is 2.93. The molecular weight excluding hydrogens is 264 g/mol. The fourth-order valence-corrected chi connectivity index (χ4v) is 2.23. The molecule has 3 N–H and O–H groups in total. The normalized spacial score (nSPS) is 13.6. The maximum absolute atomic E-state index is 12.0. The van der Waals surface area contributed by atoms with Crippen molar-refractivity contribution in [2.24, 2.45) is 5.73 Å². The van der Waals surface area contributed by atoms with Gasteiger partial charge in [0.25, 0.3) is 0 Å². The highest BCUT2D eigenvalue weighted by Crippen LogP contribution is 2.06. The van der Waals surface area contributed by atoms with Gasteiger partial charge in [-0.1, -0.05) is 30.3 Å². The quantitative estimate of drug-likeness (QED) is 0.820. The Balaban J connectivity index is 1.74. The molecule has 21 heavy (non-hydrogen) atoms. The number of nitrogens with one attached hydrogen (secondary N) is 1. The van der Waals surface area contributed by atoms with Gasteiger partial charge in [-0.2, -0.15) is 0 Å². The molecule has 0 aliphatic rings. The van der Waals surface area contributed by atoms with E-state index in [1.54, 1.807) is 6.26 Å². The predicted octanol–water partition coefficient (Wildman–Crippen LogP) is 2.29. The van der Waals surface area contributed by atoms with Crippen molar-refractivity contribution in [1.29, 1.82) is 0 Å². The van der Waals surface area contributed by atoms with Crippen molar-refractivity contribution >= 4 is 5.91 Å². The number of carbonyl (C=O) groups excluding carboxylic acids is 1. The second-order valence-corrected chi connectivity index (χ2v) is 5.32. The number of nitrogens with two attached hydrogens (primary N) is 1. The zero-order chi connectivity index (χ0) is 15.1. The van der Waals surface area contributed by atoms with Crippen LogP contribution in [-0.2, 0) is 17.6 Å². The Bertz CT molecular complexity index is 537. The smallest absolute Gasteiger partial charge is 0.237 e. The number of furan rings is 1. The summed E-state index contributed by atoms with van der Waals surface area (Å²) in [5.41, 5.74) is 7.15. The lowest BCUT2D eigenvalue weighted by Crippen LogP contribution is -2.45. The molecule has 0 radical (unpaired) electrons. The summed E-state index contributed by atoms with van der Waals surface area (Å²) in [4.78, 5) is 12.0. The average Bonchev–Trinajstić information content (AvgIpc) is 2.98. The molecule has 0 fully saturated rings. The second kappa shape index (κ2) is 7.64. The minimum atomic E-state index is -0.482. The van der Waals surface area contributed by atoms with E-state index < -0.39 is 6.04 Å². The van der Waals surface area contributed by atoms with E-state index in [0.717, 1.165) is 12.2 Å². The maximum atomic E-state index is 12.0. The Kier molecular flexibility index (Phi) is 5.58. The molecule has 4 heteroatoms. The van der Waals surface area contributed by atoms with Crippen molar-refractivity contribution in [2.45, 2.75) is 38.3 Å². The molecule has 0 saturated heterocycles. The summed E-state index contributed by atoms with van der Waals surface area (Å²) >= 11 is 0. The standard InChI is InChI=1S/C17H22N2O2/c1-13(12-15-8-5-11-21-15)19-17(20)16(18)10-9-14-6-3-2-4-7-14/h2-8,11,13,16H,9-10,12,18H2,1H3,(H,19,20)/t13?,16-/m0/s1. The van der Waals surface area contributed by atoms with E-state index in [9.17, 15) is 4.79 Å². The van der Waals surface area contributed by atoms with Crippen molar-refractivity contribution in [1.82, 2.24) is 5.32 Å². The molecule has 0 bridgehead atoms. The topological polar surface area (TPSA) is 68.3 Å². The molecular formula is C17H22N2O2. The molecule has 0 spiro atoms. The van der Waals surface area contributed by atoms with Crippen LogP contribution in [0.15, 0.2) is 53.1 Å². The first-order valence-electron chi connectivity index (χ1n) is 7.27. The van der Waals surface area contributed by atoms with Gasteiger partial charge in [0.2, 0.25) is 5.91 Å². The molecule has 0 aliphatic carbocycles. The largest absolute Gasteiger partial charge is 0.469 e. The minimum Gasteiger partial charge on any atom is -0.469 e. The highest BCUT2D eigenvalue weighted by molar-refractivity contribution is 5.81. The number of hydrogen-bond acceptors (Lipinski definition) is 3. The van der Waals surface area contributed by atoms with Crippen molar-refractivity contribution in [2.75, 3.05) is 0 Å². The third-order valence-electron chi connectivity index (χ3n) is 3.40. The predicted molar refractivity (Wildman–Crippen MR) is 82.8 cm³/mol. The van der Waals surface area contributed by atoms with Crippen LogP contribution in [-0.4, -0.2) is 18.0 Å². The molecule has 1 aromatic carbocycles. The summed E-state index contributed by atoms with van der Waals surface area (Å²) in [7, 11) is 0. The monoisotopic (exact) mass is 286 g/mol. The van der Waals surface area contributed by atoms with E-state index >= 15 is 0 Å². The number of aryl methyl sites for hydroxylation is 1. The average molecular weight is 286 g/mol. The first kappa shape index (κ1) is 15.3. The van der Waals surface area contributed by atoms with Crippen LogP contribution in [0.2, 0.25) is 0 Å². The third-order valence-corrected chi connectivity index (χ3v) is 3.40. The highest BCUT2D eigenvalue weighted by Gasteiger charge is 2.16. The lowest BCUT2D eigenvalue weighted by atomic mass is 10.0. The van der Waals surface area contributed by atoms with Crippen LogP contribution in [0, 0.1) is 0 Å². The number of amides is 1. The van der Waals surface area contributed by atoms with Gasteiger partial charge >= 0.3 is 0 Å². The lowest BCUT2D eigenvalue weighted by Gasteiger charge is -2.16. The fraction of sp³-hybridized carbons (Fsp3) is 0.353. The Morgan fingerprint density at radius 2 is 2.00 bits per heavy atom. The Morgan fingerprint density at radius 1 is 1.24 bits per heavy atom. The van der Waals surface area contributed by atoms with Crippen molar-refractivity contribution in [3.63, 3.8) is 0 Å². The molecule has 2 rings (SSSR count). The van der Waals surface area contributed by atoms with Gasteiger partial charge in [-0.15, -0.1) is 0 Å². The fourth-order valence-electron chi connectivity index (χ4n) is 2.23. The summed E-state index contributed by atoms with van der Waals surface area (Å²) in [6.07, 6.45) is 3.75. The number of hydrogen-bond donors (Lipinski definition) is 2. The third kappa shape index (κ3) is 5.08. The zero-order valence-corrected chi connectivity index (χ0v) is 12.3. The van der Waals surface area contributed by atoms with E-state index in [1.165, 1.54) is 5.56 Å². The molecule has 2 aromatic rings. The van der Waals surface area contributed by atoms with Gasteiger partial charge in [-0.3, -0.25) is 4.79 Å². The van der Waals surface area contributed by atoms with Crippen LogP contribution in [0.25, 0.3) is 0 Å². The molecule has 1 amide bonds. The van der Waals surface area contributed by atoms with Crippen LogP contribution >= 0.6 is 0 Å². The minimum absolute atomic E-state index is 0.00595. The summed E-state index contributed by atoms with van der Waals surface area (Å²) < 4.78 is 5.27. The van der Waals surface area contributed by atoms with Gasteiger partial charge in [-0.05, 0) is 37.5 Å². The van der Waals surface area contributed by atoms with Crippen LogP contribution in [0.4, 0.5) is 0 Å². The lowest BCUT2D eigenvalue weighted by molar-refractivity contribution is -0.123. The molecule has 0 aliphatic heterocycles. The number of benzene rings is 1. The van der Waals surface area contributed by atoms with Crippen molar-refractivity contribution in [3.8, 4) is 0 Å². The first-order valence-corrected chi connectivity index (χ1v) is 7.27. The van der Waals surface area contributed by atoms with Gasteiger partial charge in [-0.25, -0.2) is 0 Å². The first-order chi connectivity index (χ1) is 10.1. The van der Waals surface area contributed by atoms with Gasteiger partial charge < -0.3 is 15.5 Å². The van der Waals surface area contributed by atoms with E-state index in [1.807, 2.05) is 49.4 Å². The maximum Gasteiger partial charge on any atom is 0.237 e. The van der Waals surface area contributed by atoms with E-state index in [-0.39, 0.29) is 11.9 Å². The SMILES string of the molecule is CC(Cc1ccco1)NC(=O)[C@@H](N)CCc1ccccc1. The van der Waals surface area contributed by atoms with E-state index in [4.69, 9.17) is 10.2 Å². The van der Waals surface area contributed by atoms with Gasteiger partial charge in [0.05, 0.1) is 12.3 Å². The van der Waals surface area contributed by atoms with Gasteiger partial charge in [0, 0.05) is 12.5 Å². The summed E-state index contributed by atoms with van der Waals surface area (Å²) in [6.45, 7) is 1.95. The molecule has 1 unspecified atom stereocenters. The van der Waals surface area contributed by atoms with Crippen LogP contribution in [0.3, 0.4) is 0 Å². The molecule has 112 valence electrons. The highest BCUT2D eigenvalue weighted by atomic mass is 16.3. The molecule has 0 saturated carbocycles.